The molecule has 1 unspecified atom stereocenters. The molecule has 1 atom stereocenters. The van der Waals surface area contributed by atoms with Crippen molar-refractivity contribution in [1.29, 1.82) is 0 Å². The maximum absolute atomic E-state index is 14.7. The van der Waals surface area contributed by atoms with Crippen LogP contribution < -0.4 is 4.31 Å². The second-order valence-corrected chi connectivity index (χ2v) is 10.4. The van der Waals surface area contributed by atoms with Gasteiger partial charge < -0.3 is 0 Å². The van der Waals surface area contributed by atoms with Gasteiger partial charge in [0.2, 0.25) is 0 Å². The number of nitrogens with zero attached hydrogens (tertiary/aromatic N) is 1. The zero-order valence-electron chi connectivity index (χ0n) is 16.9. The number of halogens is 4. The third-order valence-electron chi connectivity index (χ3n) is 5.31. The van der Waals surface area contributed by atoms with Gasteiger partial charge in [0, 0.05) is 10.6 Å². The molecule has 3 aromatic rings. The van der Waals surface area contributed by atoms with Gasteiger partial charge in [0.15, 0.2) is 0 Å². The molecule has 3 nitrogen and oxygen atoms in total. The number of hydrogen-bond donors (Lipinski definition) is 0. The Kier molecular flexibility index (Phi) is 5.98. The summed E-state index contributed by atoms with van der Waals surface area (Å²) in [5.41, 5.74) is 1.23. The van der Waals surface area contributed by atoms with E-state index in [9.17, 15) is 26.0 Å². The molecular formula is C23H19F4NO2S2. The Morgan fingerprint density at radius 3 is 2.31 bits per heavy atom. The number of fused-ring (bicyclic) bond motifs is 1. The van der Waals surface area contributed by atoms with E-state index in [-0.39, 0.29) is 21.0 Å². The molecule has 0 fully saturated rings. The molecule has 1 aliphatic rings. The lowest BCUT2D eigenvalue weighted by molar-refractivity contribution is -0.146. The van der Waals surface area contributed by atoms with Crippen LogP contribution in [0.4, 0.5) is 23.2 Å². The van der Waals surface area contributed by atoms with Crippen LogP contribution in [0.2, 0.25) is 0 Å². The predicted octanol–water partition coefficient (Wildman–Crippen LogP) is 6.28. The van der Waals surface area contributed by atoms with Gasteiger partial charge in [0.25, 0.3) is 10.0 Å². The van der Waals surface area contributed by atoms with E-state index in [1.165, 1.54) is 18.2 Å². The third-order valence-corrected chi connectivity index (χ3v) is 8.21. The van der Waals surface area contributed by atoms with Crippen molar-refractivity contribution in [3.05, 3.63) is 89.2 Å². The van der Waals surface area contributed by atoms with Crippen LogP contribution in [0.5, 0.6) is 0 Å². The first-order valence-electron chi connectivity index (χ1n) is 9.73. The van der Waals surface area contributed by atoms with Crippen molar-refractivity contribution in [2.24, 2.45) is 0 Å². The Hall–Kier alpha value is -2.52. The quantitative estimate of drug-likeness (QED) is 0.318. The van der Waals surface area contributed by atoms with Gasteiger partial charge in [-0.1, -0.05) is 48.0 Å². The first kappa shape index (κ1) is 22.7. The molecule has 0 aliphatic carbocycles. The van der Waals surface area contributed by atoms with E-state index in [1.54, 1.807) is 19.1 Å². The van der Waals surface area contributed by atoms with Crippen molar-refractivity contribution >= 4 is 27.5 Å². The Labute approximate surface area is 188 Å². The molecule has 0 saturated carbocycles. The summed E-state index contributed by atoms with van der Waals surface area (Å²) < 4.78 is 83.0. The summed E-state index contributed by atoms with van der Waals surface area (Å²) in [7, 11) is -4.26. The maximum Gasteiger partial charge on any atom is 0.397 e. The lowest BCUT2D eigenvalue weighted by atomic mass is 10.0. The number of benzene rings is 3. The first-order valence-corrected chi connectivity index (χ1v) is 12.2. The molecule has 0 radical (unpaired) electrons. The molecule has 0 aromatic heterocycles. The zero-order chi connectivity index (χ0) is 23.1. The Morgan fingerprint density at radius 2 is 1.69 bits per heavy atom. The largest absolute Gasteiger partial charge is 0.397 e. The maximum atomic E-state index is 14.7. The summed E-state index contributed by atoms with van der Waals surface area (Å²) in [6, 6.07) is 17.1. The van der Waals surface area contributed by atoms with Crippen molar-refractivity contribution in [2.45, 2.75) is 34.6 Å². The normalized spacial score (nSPS) is 16.3. The summed E-state index contributed by atoms with van der Waals surface area (Å²) >= 11 is 1.11. The van der Waals surface area contributed by atoms with E-state index in [1.807, 2.05) is 30.3 Å². The standard InChI is InChI=1S/C23H19F4NO2S2/c1-15-7-9-17(10-8-15)32(29,30)28-13-19(23(25,26)27)18-11-20(24)22(12-21(18)28)31-14-16-5-3-2-4-6-16/h2-12,19H,13-14H2,1H3. The summed E-state index contributed by atoms with van der Waals surface area (Å²) in [5, 5.41) is 0. The van der Waals surface area contributed by atoms with E-state index < -0.39 is 34.5 Å². The molecule has 4 rings (SSSR count). The number of anilines is 1. The van der Waals surface area contributed by atoms with E-state index in [0.717, 1.165) is 33.3 Å². The molecule has 0 bridgehead atoms. The molecule has 3 aromatic carbocycles. The number of alkyl halides is 3. The monoisotopic (exact) mass is 481 g/mol. The highest BCUT2D eigenvalue weighted by atomic mass is 32.2. The average Bonchev–Trinajstić information content (AvgIpc) is 3.12. The highest BCUT2D eigenvalue weighted by molar-refractivity contribution is 7.98. The fraction of sp³-hybridized carbons (Fsp3) is 0.217. The van der Waals surface area contributed by atoms with Crippen LogP contribution in [0.1, 0.15) is 22.6 Å². The van der Waals surface area contributed by atoms with E-state index in [2.05, 4.69) is 0 Å². The smallest absolute Gasteiger partial charge is 0.265 e. The van der Waals surface area contributed by atoms with Gasteiger partial charge in [-0.05, 0) is 42.3 Å². The molecule has 9 heteroatoms. The number of thioether (sulfide) groups is 1. The number of aryl methyl sites for hydroxylation is 1. The summed E-state index contributed by atoms with van der Waals surface area (Å²) in [6.07, 6.45) is -4.71. The van der Waals surface area contributed by atoms with Crippen molar-refractivity contribution in [2.75, 3.05) is 10.8 Å². The van der Waals surface area contributed by atoms with Crippen LogP contribution in [0.15, 0.2) is 76.5 Å². The second-order valence-electron chi connectivity index (χ2n) is 7.56. The first-order chi connectivity index (χ1) is 15.1. The van der Waals surface area contributed by atoms with Gasteiger partial charge in [0.05, 0.1) is 17.1 Å². The van der Waals surface area contributed by atoms with Crippen molar-refractivity contribution in [1.82, 2.24) is 0 Å². The van der Waals surface area contributed by atoms with Gasteiger partial charge in [-0.2, -0.15) is 13.2 Å². The third kappa shape index (κ3) is 4.36. The molecule has 0 N–H and O–H groups in total. The van der Waals surface area contributed by atoms with Crippen LogP contribution in [-0.4, -0.2) is 21.1 Å². The van der Waals surface area contributed by atoms with Crippen molar-refractivity contribution in [3.63, 3.8) is 0 Å². The van der Waals surface area contributed by atoms with Gasteiger partial charge >= 0.3 is 6.18 Å². The van der Waals surface area contributed by atoms with Crippen LogP contribution in [0.3, 0.4) is 0 Å². The number of rotatable bonds is 5. The molecule has 1 aliphatic heterocycles. The van der Waals surface area contributed by atoms with Crippen molar-refractivity contribution < 1.29 is 26.0 Å². The number of sulfonamides is 1. The van der Waals surface area contributed by atoms with E-state index in [4.69, 9.17) is 0 Å². The minimum Gasteiger partial charge on any atom is -0.265 e. The Bertz CT molecular complexity index is 1230. The molecule has 1 heterocycles. The summed E-state index contributed by atoms with van der Waals surface area (Å²) in [5.74, 6) is -2.50. The summed E-state index contributed by atoms with van der Waals surface area (Å²) in [4.78, 5) is -0.0146. The van der Waals surface area contributed by atoms with Gasteiger partial charge in [-0.3, -0.25) is 4.31 Å². The van der Waals surface area contributed by atoms with Gasteiger partial charge in [-0.25, -0.2) is 12.8 Å². The lowest BCUT2D eigenvalue weighted by Crippen LogP contribution is -2.33. The lowest BCUT2D eigenvalue weighted by Gasteiger charge is -2.21. The highest BCUT2D eigenvalue weighted by Gasteiger charge is 2.50. The van der Waals surface area contributed by atoms with E-state index in [0.29, 0.717) is 5.75 Å². The summed E-state index contributed by atoms with van der Waals surface area (Å²) in [6.45, 7) is 0.960. The van der Waals surface area contributed by atoms with Crippen LogP contribution in [-0.2, 0) is 15.8 Å². The molecule has 0 amide bonds. The predicted molar refractivity (Wildman–Crippen MR) is 117 cm³/mol. The SMILES string of the molecule is Cc1ccc(S(=O)(=O)N2CC(C(F)(F)F)c3cc(F)c(SCc4ccccc4)cc32)cc1. The van der Waals surface area contributed by atoms with Crippen LogP contribution in [0, 0.1) is 12.7 Å². The zero-order valence-corrected chi connectivity index (χ0v) is 18.6. The topological polar surface area (TPSA) is 37.4 Å². The molecule has 168 valence electrons. The minimum atomic E-state index is -4.71. The Morgan fingerprint density at radius 1 is 1.03 bits per heavy atom. The fourth-order valence-corrected chi connectivity index (χ4v) is 6.01. The minimum absolute atomic E-state index is 0.0968. The number of hydrogen-bond acceptors (Lipinski definition) is 3. The highest BCUT2D eigenvalue weighted by Crippen LogP contribution is 2.49. The second kappa shape index (κ2) is 8.44. The van der Waals surface area contributed by atoms with Crippen LogP contribution in [0.25, 0.3) is 0 Å². The van der Waals surface area contributed by atoms with E-state index >= 15 is 0 Å². The van der Waals surface area contributed by atoms with Gasteiger partial charge in [-0.15, -0.1) is 11.8 Å². The van der Waals surface area contributed by atoms with Crippen molar-refractivity contribution in [3.8, 4) is 0 Å². The molecule has 0 spiro atoms. The van der Waals surface area contributed by atoms with Crippen LogP contribution >= 0.6 is 11.8 Å². The average molecular weight is 482 g/mol. The van der Waals surface area contributed by atoms with Gasteiger partial charge in [0.1, 0.15) is 11.7 Å². The fourth-order valence-electron chi connectivity index (χ4n) is 3.61. The molecule has 0 saturated heterocycles. The molecule has 32 heavy (non-hydrogen) atoms. The molecular weight excluding hydrogens is 462 g/mol. The Balaban J connectivity index is 1.76.